The largest absolute Gasteiger partial charge is 0.416 e. The van der Waals surface area contributed by atoms with Gasteiger partial charge in [0, 0.05) is 36.1 Å². The van der Waals surface area contributed by atoms with Gasteiger partial charge in [0.1, 0.15) is 5.76 Å². The van der Waals surface area contributed by atoms with E-state index in [4.69, 9.17) is 9.26 Å². The zero-order chi connectivity index (χ0) is 25.3. The molecule has 1 aliphatic rings. The quantitative estimate of drug-likeness (QED) is 0.529. The van der Waals surface area contributed by atoms with E-state index in [1.54, 1.807) is 39.0 Å². The van der Waals surface area contributed by atoms with Gasteiger partial charge >= 0.3 is 6.18 Å². The standard InChI is InChI=1S/C24H24F4N4O3/c1-13-8-16(9-14(2)30-13)17-4-5-20(32-6-7-34-21(12-32)24(26,27)28)22(25)18(17)11-29-23(33)19-10-15(3)35-31-19/h4-5,8-10,21H,6-7,11-12H2,1-3H3,(H,29,33). The summed E-state index contributed by atoms with van der Waals surface area (Å²) in [6, 6.07) is 8.11. The number of amides is 1. The number of nitrogens with zero attached hydrogens (tertiary/aromatic N) is 3. The third-order valence-electron chi connectivity index (χ3n) is 5.67. The molecule has 0 spiro atoms. The Labute approximate surface area is 199 Å². The predicted molar refractivity (Wildman–Crippen MR) is 120 cm³/mol. The number of carbonyl (C=O) groups excluding carboxylic acids is 1. The molecule has 0 radical (unpaired) electrons. The van der Waals surface area contributed by atoms with E-state index in [2.05, 4.69) is 15.5 Å². The maximum atomic E-state index is 15.9. The van der Waals surface area contributed by atoms with Crippen LogP contribution in [0.2, 0.25) is 0 Å². The SMILES string of the molecule is Cc1cc(-c2ccc(N3CCOC(C(F)(F)F)C3)c(F)c2CNC(=O)c2cc(C)on2)cc(C)n1. The van der Waals surface area contributed by atoms with Crippen molar-refractivity contribution in [2.24, 2.45) is 0 Å². The minimum atomic E-state index is -4.56. The number of hydrogen-bond donors (Lipinski definition) is 1. The number of ether oxygens (including phenoxy) is 1. The summed E-state index contributed by atoms with van der Waals surface area (Å²) >= 11 is 0. The molecule has 3 aromatic rings. The minimum Gasteiger partial charge on any atom is -0.365 e. The normalized spacial score (nSPS) is 16.4. The molecule has 11 heteroatoms. The Balaban J connectivity index is 1.71. The number of aromatic nitrogens is 2. The van der Waals surface area contributed by atoms with Crippen molar-refractivity contribution in [1.82, 2.24) is 15.5 Å². The fourth-order valence-corrected chi connectivity index (χ4v) is 4.09. The van der Waals surface area contributed by atoms with Crippen molar-refractivity contribution < 1.29 is 31.6 Å². The molecule has 1 N–H and O–H groups in total. The van der Waals surface area contributed by atoms with Crippen LogP contribution in [-0.2, 0) is 11.3 Å². The van der Waals surface area contributed by atoms with Gasteiger partial charge in [-0.05, 0) is 50.1 Å². The highest BCUT2D eigenvalue weighted by Gasteiger charge is 2.43. The van der Waals surface area contributed by atoms with Gasteiger partial charge in [-0.3, -0.25) is 9.78 Å². The van der Waals surface area contributed by atoms with Crippen LogP contribution in [0.4, 0.5) is 23.2 Å². The third-order valence-corrected chi connectivity index (χ3v) is 5.67. The number of hydrogen-bond acceptors (Lipinski definition) is 6. The van der Waals surface area contributed by atoms with E-state index in [0.717, 1.165) is 11.4 Å². The molecule has 0 saturated carbocycles. The van der Waals surface area contributed by atoms with Crippen LogP contribution in [0.3, 0.4) is 0 Å². The number of halogens is 4. The molecule has 0 aliphatic carbocycles. The molecular weight excluding hydrogens is 468 g/mol. The Kier molecular flexibility index (Phi) is 6.79. The predicted octanol–water partition coefficient (Wildman–Crippen LogP) is 4.50. The summed E-state index contributed by atoms with van der Waals surface area (Å²) < 4.78 is 65.4. The van der Waals surface area contributed by atoms with Crippen molar-refractivity contribution in [3.05, 3.63) is 64.6 Å². The number of pyridine rings is 1. The second kappa shape index (κ2) is 9.65. The Hall–Kier alpha value is -3.47. The molecule has 1 fully saturated rings. The topological polar surface area (TPSA) is 80.5 Å². The third kappa shape index (κ3) is 5.45. The molecule has 1 unspecified atom stereocenters. The van der Waals surface area contributed by atoms with E-state index in [0.29, 0.717) is 16.9 Å². The van der Waals surface area contributed by atoms with Crippen LogP contribution >= 0.6 is 0 Å². The van der Waals surface area contributed by atoms with E-state index in [1.165, 1.54) is 17.0 Å². The first-order chi connectivity index (χ1) is 16.5. The highest BCUT2D eigenvalue weighted by atomic mass is 19.4. The van der Waals surface area contributed by atoms with Gasteiger partial charge in [0.2, 0.25) is 0 Å². The molecule has 0 bridgehead atoms. The first-order valence-electron chi connectivity index (χ1n) is 10.9. The van der Waals surface area contributed by atoms with Gasteiger partial charge in [-0.25, -0.2) is 4.39 Å². The monoisotopic (exact) mass is 492 g/mol. The lowest BCUT2D eigenvalue weighted by molar-refractivity contribution is -0.221. The first kappa shape index (κ1) is 24.6. The van der Waals surface area contributed by atoms with E-state index < -0.39 is 30.5 Å². The average molecular weight is 492 g/mol. The van der Waals surface area contributed by atoms with E-state index in [-0.39, 0.29) is 36.6 Å². The maximum absolute atomic E-state index is 15.9. The smallest absolute Gasteiger partial charge is 0.365 e. The number of aryl methyl sites for hydroxylation is 3. The van der Waals surface area contributed by atoms with Gasteiger partial charge in [-0.1, -0.05) is 11.2 Å². The second-order valence-electron chi connectivity index (χ2n) is 8.42. The molecule has 1 amide bonds. The molecule has 186 valence electrons. The van der Waals surface area contributed by atoms with Gasteiger partial charge in [0.25, 0.3) is 5.91 Å². The van der Waals surface area contributed by atoms with E-state index in [1.807, 2.05) is 0 Å². The molecule has 4 rings (SSSR count). The van der Waals surface area contributed by atoms with Gasteiger partial charge in [0.05, 0.1) is 18.8 Å². The molecule has 1 aromatic carbocycles. The molecular formula is C24H24F4N4O3. The Morgan fingerprint density at radius 1 is 1.17 bits per heavy atom. The average Bonchev–Trinajstić information content (AvgIpc) is 3.23. The van der Waals surface area contributed by atoms with Gasteiger partial charge < -0.3 is 19.5 Å². The summed E-state index contributed by atoms with van der Waals surface area (Å²) in [6.45, 7) is 4.41. The lowest BCUT2D eigenvalue weighted by Gasteiger charge is -2.35. The zero-order valence-electron chi connectivity index (χ0n) is 19.4. The lowest BCUT2D eigenvalue weighted by atomic mass is 9.97. The second-order valence-corrected chi connectivity index (χ2v) is 8.42. The summed E-state index contributed by atoms with van der Waals surface area (Å²) in [6.07, 6.45) is -6.58. The first-order valence-corrected chi connectivity index (χ1v) is 10.9. The summed E-state index contributed by atoms with van der Waals surface area (Å²) in [5.74, 6) is -0.837. The Morgan fingerprint density at radius 2 is 1.89 bits per heavy atom. The summed E-state index contributed by atoms with van der Waals surface area (Å²) in [4.78, 5) is 18.2. The van der Waals surface area contributed by atoms with Crippen LogP contribution in [-0.4, -0.2) is 48.0 Å². The van der Waals surface area contributed by atoms with E-state index >= 15 is 4.39 Å². The minimum absolute atomic E-state index is 0.00956. The highest BCUT2D eigenvalue weighted by Crippen LogP contribution is 2.35. The zero-order valence-corrected chi connectivity index (χ0v) is 19.4. The van der Waals surface area contributed by atoms with Crippen LogP contribution in [0.1, 0.15) is 33.2 Å². The van der Waals surface area contributed by atoms with Crippen LogP contribution in [0, 0.1) is 26.6 Å². The van der Waals surface area contributed by atoms with Gasteiger partial charge in [0.15, 0.2) is 17.6 Å². The Morgan fingerprint density at radius 3 is 2.51 bits per heavy atom. The number of anilines is 1. The van der Waals surface area contributed by atoms with Crippen molar-refractivity contribution in [3.8, 4) is 11.1 Å². The number of alkyl halides is 3. The number of rotatable bonds is 5. The van der Waals surface area contributed by atoms with Crippen LogP contribution in [0.25, 0.3) is 11.1 Å². The van der Waals surface area contributed by atoms with E-state index in [9.17, 15) is 18.0 Å². The molecule has 1 saturated heterocycles. The number of nitrogens with one attached hydrogen (secondary N) is 1. The lowest BCUT2D eigenvalue weighted by Crippen LogP contribution is -2.49. The molecule has 2 aromatic heterocycles. The molecule has 1 aliphatic heterocycles. The van der Waals surface area contributed by atoms with Crippen molar-refractivity contribution in [1.29, 1.82) is 0 Å². The van der Waals surface area contributed by atoms with Crippen molar-refractivity contribution >= 4 is 11.6 Å². The van der Waals surface area contributed by atoms with Gasteiger partial charge in [-0.15, -0.1) is 0 Å². The molecule has 35 heavy (non-hydrogen) atoms. The number of morpholine rings is 1. The number of benzene rings is 1. The summed E-state index contributed by atoms with van der Waals surface area (Å²) in [5, 5.41) is 6.29. The summed E-state index contributed by atoms with van der Waals surface area (Å²) in [7, 11) is 0. The van der Waals surface area contributed by atoms with Gasteiger partial charge in [-0.2, -0.15) is 13.2 Å². The summed E-state index contributed by atoms with van der Waals surface area (Å²) in [5.41, 5.74) is 2.80. The molecule has 1 atom stereocenters. The molecule has 7 nitrogen and oxygen atoms in total. The molecule has 3 heterocycles. The van der Waals surface area contributed by atoms with Crippen molar-refractivity contribution in [2.75, 3.05) is 24.6 Å². The van der Waals surface area contributed by atoms with Crippen molar-refractivity contribution in [3.63, 3.8) is 0 Å². The van der Waals surface area contributed by atoms with Crippen LogP contribution in [0.5, 0.6) is 0 Å². The fraction of sp³-hybridized carbons (Fsp3) is 0.375. The Bertz CT molecular complexity index is 1220. The highest BCUT2D eigenvalue weighted by molar-refractivity contribution is 5.92. The number of carbonyl (C=O) groups is 1. The fourth-order valence-electron chi connectivity index (χ4n) is 4.09. The van der Waals surface area contributed by atoms with Crippen LogP contribution < -0.4 is 10.2 Å². The maximum Gasteiger partial charge on any atom is 0.416 e. The van der Waals surface area contributed by atoms with Crippen molar-refractivity contribution in [2.45, 2.75) is 39.6 Å². The van der Waals surface area contributed by atoms with Crippen LogP contribution in [0.15, 0.2) is 34.9 Å².